The summed E-state index contributed by atoms with van der Waals surface area (Å²) in [5.74, 6) is -0.0351. The Balaban J connectivity index is 2.45. The number of hydrogen-bond donors (Lipinski definition) is 0. The van der Waals surface area contributed by atoms with E-state index in [0.717, 1.165) is 12.8 Å². The molecule has 3 nitrogen and oxygen atoms in total. The zero-order chi connectivity index (χ0) is 15.1. The first-order chi connectivity index (χ1) is 9.28. The van der Waals surface area contributed by atoms with Crippen LogP contribution in [-0.4, -0.2) is 25.8 Å². The van der Waals surface area contributed by atoms with Crippen LogP contribution in [0.25, 0.3) is 0 Å². The summed E-state index contributed by atoms with van der Waals surface area (Å²) in [7, 11) is -2.14. The molecular weight excluding hydrogens is 301 g/mol. The average molecular weight is 320 g/mol. The van der Waals surface area contributed by atoms with Crippen molar-refractivity contribution in [2.24, 2.45) is 5.92 Å². The van der Waals surface area contributed by atoms with Crippen LogP contribution >= 0.6 is 11.6 Å². The van der Waals surface area contributed by atoms with Crippen LogP contribution in [0, 0.1) is 18.7 Å². The van der Waals surface area contributed by atoms with Gasteiger partial charge in [-0.1, -0.05) is 0 Å². The van der Waals surface area contributed by atoms with Gasteiger partial charge in [-0.2, -0.15) is 4.31 Å². The summed E-state index contributed by atoms with van der Waals surface area (Å²) in [5.41, 5.74) is 0.620. The smallest absolute Gasteiger partial charge is 0.207 e. The maximum Gasteiger partial charge on any atom is 0.243 e. The predicted molar refractivity (Wildman–Crippen MR) is 77.8 cm³/mol. The summed E-state index contributed by atoms with van der Waals surface area (Å²) in [4.78, 5) is 0.0168. The fraction of sp³-hybridized carbons (Fsp3) is 0.571. The monoisotopic (exact) mass is 319 g/mol. The third-order valence-corrected chi connectivity index (χ3v) is 6.42. The Hall–Kier alpha value is -0.650. The van der Waals surface area contributed by atoms with E-state index in [1.165, 1.54) is 23.4 Å². The highest BCUT2D eigenvalue weighted by molar-refractivity contribution is 7.89. The second-order valence-corrected chi connectivity index (χ2v) is 7.67. The summed E-state index contributed by atoms with van der Waals surface area (Å²) in [5, 5.41) is 0. The van der Waals surface area contributed by atoms with Crippen LogP contribution in [-0.2, 0) is 15.9 Å². The zero-order valence-corrected chi connectivity index (χ0v) is 13.4. The van der Waals surface area contributed by atoms with Crippen molar-refractivity contribution in [3.63, 3.8) is 0 Å². The predicted octanol–water partition coefficient (Wildman–Crippen LogP) is 3.29. The molecule has 0 amide bonds. The lowest BCUT2D eigenvalue weighted by Crippen LogP contribution is -2.36. The molecule has 6 heteroatoms. The topological polar surface area (TPSA) is 37.4 Å². The van der Waals surface area contributed by atoms with Gasteiger partial charge in [-0.15, -0.1) is 11.6 Å². The van der Waals surface area contributed by atoms with Gasteiger partial charge in [0.1, 0.15) is 5.82 Å². The molecule has 1 aliphatic rings. The molecule has 1 unspecified atom stereocenters. The maximum atomic E-state index is 13.9. The molecular formula is C14H19ClFNO2S. The van der Waals surface area contributed by atoms with Crippen molar-refractivity contribution in [2.75, 3.05) is 7.05 Å². The Morgan fingerprint density at radius 2 is 2.05 bits per heavy atom. The van der Waals surface area contributed by atoms with Crippen molar-refractivity contribution in [1.29, 1.82) is 0 Å². The van der Waals surface area contributed by atoms with Gasteiger partial charge < -0.3 is 0 Å². The van der Waals surface area contributed by atoms with Gasteiger partial charge in [0, 0.05) is 24.5 Å². The highest BCUT2D eigenvalue weighted by Crippen LogP contribution is 2.37. The summed E-state index contributed by atoms with van der Waals surface area (Å²) in [6, 6.07) is 2.69. The van der Waals surface area contributed by atoms with Gasteiger partial charge in [0.15, 0.2) is 0 Å². The van der Waals surface area contributed by atoms with Crippen molar-refractivity contribution in [3.8, 4) is 0 Å². The molecule has 1 aromatic carbocycles. The van der Waals surface area contributed by atoms with Crippen LogP contribution in [0.2, 0.25) is 0 Å². The van der Waals surface area contributed by atoms with Gasteiger partial charge in [-0.05, 0) is 50.3 Å². The van der Waals surface area contributed by atoms with E-state index in [-0.39, 0.29) is 22.4 Å². The van der Waals surface area contributed by atoms with Crippen LogP contribution < -0.4 is 0 Å². The molecule has 0 bridgehead atoms. The van der Waals surface area contributed by atoms with Crippen LogP contribution in [0.3, 0.4) is 0 Å². The molecule has 112 valence electrons. The lowest BCUT2D eigenvalue weighted by Gasteiger charge is -2.25. The summed E-state index contributed by atoms with van der Waals surface area (Å²) in [6.45, 7) is 3.38. The Morgan fingerprint density at radius 3 is 2.55 bits per heavy atom. The minimum Gasteiger partial charge on any atom is -0.207 e. The minimum absolute atomic E-state index is 0.0168. The Labute approximate surface area is 124 Å². The van der Waals surface area contributed by atoms with E-state index < -0.39 is 15.8 Å². The van der Waals surface area contributed by atoms with Crippen molar-refractivity contribution in [1.82, 2.24) is 4.31 Å². The van der Waals surface area contributed by atoms with Gasteiger partial charge >= 0.3 is 0 Å². The third kappa shape index (κ3) is 2.85. The molecule has 20 heavy (non-hydrogen) atoms. The first-order valence-electron chi connectivity index (χ1n) is 6.62. The fourth-order valence-corrected chi connectivity index (χ4v) is 4.16. The molecule has 1 aromatic rings. The fourth-order valence-electron chi connectivity index (χ4n) is 2.30. The molecule has 0 saturated heterocycles. The van der Waals surface area contributed by atoms with Crippen molar-refractivity contribution >= 4 is 21.6 Å². The van der Waals surface area contributed by atoms with Crippen molar-refractivity contribution in [3.05, 3.63) is 29.1 Å². The van der Waals surface area contributed by atoms with Crippen LogP contribution in [0.4, 0.5) is 4.39 Å². The summed E-state index contributed by atoms with van der Waals surface area (Å²) < 4.78 is 40.5. The molecule has 1 saturated carbocycles. The maximum absolute atomic E-state index is 13.9. The van der Waals surface area contributed by atoms with Crippen LogP contribution in [0.15, 0.2) is 17.0 Å². The van der Waals surface area contributed by atoms with Crippen molar-refractivity contribution < 1.29 is 12.8 Å². The van der Waals surface area contributed by atoms with Gasteiger partial charge in [-0.25, -0.2) is 12.8 Å². The lowest BCUT2D eigenvalue weighted by atomic mass is 10.1. The number of halogens is 2. The first-order valence-corrected chi connectivity index (χ1v) is 8.59. The molecule has 0 aromatic heterocycles. The minimum atomic E-state index is -3.69. The Bertz CT molecular complexity index is 614. The third-order valence-electron chi connectivity index (χ3n) is 4.05. The molecule has 0 aliphatic heterocycles. The van der Waals surface area contributed by atoms with Gasteiger partial charge in [-0.3, -0.25) is 0 Å². The highest BCUT2D eigenvalue weighted by atomic mass is 35.5. The quantitative estimate of drug-likeness (QED) is 0.781. The SMILES string of the molecule is Cc1c(F)cc(CCl)cc1S(=O)(=O)N(C)C(C)C1CC1. The van der Waals surface area contributed by atoms with Gasteiger partial charge in [0.25, 0.3) is 0 Å². The zero-order valence-electron chi connectivity index (χ0n) is 11.9. The molecule has 0 spiro atoms. The van der Waals surface area contributed by atoms with E-state index in [2.05, 4.69) is 0 Å². The van der Waals surface area contributed by atoms with Gasteiger partial charge in [0.05, 0.1) is 4.90 Å². The number of hydrogen-bond acceptors (Lipinski definition) is 2. The number of alkyl halides is 1. The van der Waals surface area contributed by atoms with E-state index in [1.54, 1.807) is 7.05 Å². The second-order valence-electron chi connectivity index (χ2n) is 5.43. The number of rotatable bonds is 5. The molecule has 2 rings (SSSR count). The second kappa shape index (κ2) is 5.62. The Kier molecular flexibility index (Phi) is 4.42. The number of benzene rings is 1. The molecule has 0 radical (unpaired) electrons. The lowest BCUT2D eigenvalue weighted by molar-refractivity contribution is 0.356. The van der Waals surface area contributed by atoms with E-state index in [9.17, 15) is 12.8 Å². The Morgan fingerprint density at radius 1 is 1.45 bits per heavy atom. The largest absolute Gasteiger partial charge is 0.243 e. The van der Waals surface area contributed by atoms with E-state index in [0.29, 0.717) is 11.5 Å². The number of sulfonamides is 1. The molecule has 1 fully saturated rings. The van der Waals surface area contributed by atoms with E-state index in [1.807, 2.05) is 6.92 Å². The molecule has 1 aliphatic carbocycles. The van der Waals surface area contributed by atoms with E-state index >= 15 is 0 Å². The first kappa shape index (κ1) is 15.7. The van der Waals surface area contributed by atoms with Crippen molar-refractivity contribution in [2.45, 2.75) is 43.5 Å². The molecule has 1 atom stereocenters. The number of nitrogens with zero attached hydrogens (tertiary/aromatic N) is 1. The molecule has 0 heterocycles. The van der Waals surface area contributed by atoms with E-state index in [4.69, 9.17) is 11.6 Å². The van der Waals surface area contributed by atoms with Crippen LogP contribution in [0.5, 0.6) is 0 Å². The summed E-state index contributed by atoms with van der Waals surface area (Å²) >= 11 is 5.70. The molecule has 0 N–H and O–H groups in total. The highest BCUT2D eigenvalue weighted by Gasteiger charge is 2.36. The average Bonchev–Trinajstić information content (AvgIpc) is 3.24. The van der Waals surface area contributed by atoms with Gasteiger partial charge in [0.2, 0.25) is 10.0 Å². The standard InChI is InChI=1S/C14H19ClFNO2S/c1-9-13(16)6-11(8-15)7-14(9)20(18,19)17(3)10(2)12-4-5-12/h6-7,10,12H,4-5,8H2,1-3H3. The van der Waals surface area contributed by atoms with Crippen LogP contribution in [0.1, 0.15) is 30.9 Å². The summed E-state index contributed by atoms with van der Waals surface area (Å²) in [6.07, 6.45) is 2.10. The normalized spacial score (nSPS) is 17.5.